The van der Waals surface area contributed by atoms with Crippen molar-refractivity contribution in [2.24, 2.45) is 5.14 Å². The van der Waals surface area contributed by atoms with Crippen molar-refractivity contribution >= 4 is 22.6 Å². The molecule has 108 valence electrons. The van der Waals surface area contributed by atoms with Gasteiger partial charge in [-0.1, -0.05) is 11.6 Å². The maximum absolute atomic E-state index is 13.1. The van der Waals surface area contributed by atoms with Crippen LogP contribution in [0.5, 0.6) is 0 Å². The molecule has 0 fully saturated rings. The summed E-state index contributed by atoms with van der Waals surface area (Å²) in [6.07, 6.45) is -3.74. The fourth-order valence-electron chi connectivity index (χ4n) is 1.60. The second-order valence-corrected chi connectivity index (χ2v) is 6.83. The highest BCUT2D eigenvalue weighted by molar-refractivity contribution is 7.84. The quantitative estimate of drug-likeness (QED) is 0.928. The first-order valence-electron chi connectivity index (χ1n) is 5.39. The van der Waals surface area contributed by atoms with Crippen molar-refractivity contribution in [3.05, 3.63) is 29.0 Å². The molecule has 1 rings (SSSR count). The summed E-state index contributed by atoms with van der Waals surface area (Å²) >= 11 is 5.76. The largest absolute Gasteiger partial charge is 0.397 e. The molecule has 0 radical (unpaired) electrons. The molecule has 0 amide bonds. The fraction of sp³-hybridized carbons (Fsp3) is 0.545. The summed E-state index contributed by atoms with van der Waals surface area (Å²) in [5, 5.41) is 5.16. The van der Waals surface area contributed by atoms with Gasteiger partial charge in [-0.15, -0.1) is 0 Å². The summed E-state index contributed by atoms with van der Waals surface area (Å²) in [5.74, 6) is -1.90. The van der Waals surface area contributed by atoms with Crippen molar-refractivity contribution < 1.29 is 17.4 Å². The van der Waals surface area contributed by atoms with Crippen LogP contribution in [0.25, 0.3) is 0 Å². The molecule has 0 aliphatic carbocycles. The average molecular weight is 315 g/mol. The molecule has 1 unspecified atom stereocenters. The van der Waals surface area contributed by atoms with Crippen LogP contribution in [0.1, 0.15) is 31.9 Å². The molecule has 0 bridgehead atoms. The van der Waals surface area contributed by atoms with Crippen LogP contribution >= 0.6 is 11.6 Å². The highest BCUT2D eigenvalue weighted by atomic mass is 35.5. The summed E-state index contributed by atoms with van der Waals surface area (Å²) in [6.45, 7) is 2.83. The Morgan fingerprint density at radius 1 is 1.47 bits per heavy atom. The summed E-state index contributed by atoms with van der Waals surface area (Å²) in [6, 6.07) is 2.79. The molecule has 1 heterocycles. The van der Waals surface area contributed by atoms with E-state index in [1.54, 1.807) is 0 Å². The van der Waals surface area contributed by atoms with E-state index in [1.807, 2.05) is 0 Å². The third-order valence-corrected chi connectivity index (χ3v) is 4.33. The molecule has 0 saturated carbocycles. The van der Waals surface area contributed by atoms with E-state index < -0.39 is 34.2 Å². The van der Waals surface area contributed by atoms with Gasteiger partial charge >= 0.3 is 6.18 Å². The topological polar surface area (TPSA) is 56.0 Å². The summed E-state index contributed by atoms with van der Waals surface area (Å²) in [4.78, 5) is 3.70. The number of hydrogen-bond acceptors (Lipinski definition) is 2. The average Bonchev–Trinajstić information content (AvgIpc) is 2.25. The minimum Gasteiger partial charge on any atom is -0.259 e. The third kappa shape index (κ3) is 4.15. The molecule has 1 aromatic heterocycles. The summed E-state index contributed by atoms with van der Waals surface area (Å²) in [7, 11) is -1.88. The van der Waals surface area contributed by atoms with E-state index in [2.05, 4.69) is 4.98 Å². The Morgan fingerprint density at radius 3 is 2.47 bits per heavy atom. The van der Waals surface area contributed by atoms with Crippen molar-refractivity contribution in [3.63, 3.8) is 0 Å². The Balaban J connectivity index is 3.19. The van der Waals surface area contributed by atoms with Crippen molar-refractivity contribution in [3.8, 4) is 0 Å². The Labute approximate surface area is 116 Å². The van der Waals surface area contributed by atoms with E-state index in [-0.39, 0.29) is 10.7 Å². The van der Waals surface area contributed by atoms with Gasteiger partial charge in [0.2, 0.25) is 0 Å². The zero-order valence-electron chi connectivity index (χ0n) is 10.4. The van der Waals surface area contributed by atoms with Crippen LogP contribution in [0.4, 0.5) is 13.2 Å². The van der Waals surface area contributed by atoms with Crippen LogP contribution in [0.15, 0.2) is 18.3 Å². The van der Waals surface area contributed by atoms with Crippen LogP contribution in [0.2, 0.25) is 5.02 Å². The van der Waals surface area contributed by atoms with E-state index in [1.165, 1.54) is 32.2 Å². The minimum atomic E-state index is -4.53. The van der Waals surface area contributed by atoms with Crippen molar-refractivity contribution in [1.29, 1.82) is 0 Å². The summed E-state index contributed by atoms with van der Waals surface area (Å²) < 4.78 is 49.5. The molecule has 3 nitrogen and oxygen atoms in total. The lowest BCUT2D eigenvalue weighted by Crippen LogP contribution is -2.37. The maximum atomic E-state index is 13.1. The van der Waals surface area contributed by atoms with Gasteiger partial charge in [-0.05, 0) is 32.4 Å². The van der Waals surface area contributed by atoms with Gasteiger partial charge in [-0.2, -0.15) is 13.2 Å². The van der Waals surface area contributed by atoms with Gasteiger partial charge in [-0.3, -0.25) is 10.1 Å². The molecule has 2 atom stereocenters. The number of nitrogens with zero attached hydrogens (tertiary/aromatic N) is 1. The van der Waals surface area contributed by atoms with Crippen molar-refractivity contribution in [2.45, 2.75) is 37.1 Å². The van der Waals surface area contributed by atoms with Crippen LogP contribution in [-0.4, -0.2) is 20.1 Å². The predicted molar refractivity (Wildman–Crippen MR) is 69.1 cm³/mol. The Hall–Kier alpha value is -0.660. The molecule has 0 aliphatic rings. The molecule has 0 aromatic carbocycles. The van der Waals surface area contributed by atoms with Gasteiger partial charge in [0.05, 0.1) is 32.4 Å². The van der Waals surface area contributed by atoms with Crippen LogP contribution in [-0.2, 0) is 11.0 Å². The van der Waals surface area contributed by atoms with Gasteiger partial charge < -0.3 is 0 Å². The molecular weight excluding hydrogens is 301 g/mol. The smallest absolute Gasteiger partial charge is 0.259 e. The Kier molecular flexibility index (Phi) is 4.97. The van der Waals surface area contributed by atoms with E-state index in [9.17, 15) is 17.4 Å². The third-order valence-electron chi connectivity index (χ3n) is 2.75. The first kappa shape index (κ1) is 16.4. The fourth-order valence-corrected chi connectivity index (χ4v) is 2.18. The molecular formula is C11H14ClF3N2OS. The standard InChI is InChI=1S/C11H14ClF3N2OS/c1-10(2,19(16)18)6-7(11(13,14)15)9-8(12)4-3-5-17-9/h3-5,7H,6,16H2,1-2H3/t7-,19?/m1/s1. The van der Waals surface area contributed by atoms with E-state index >= 15 is 0 Å². The maximum Gasteiger partial charge on any atom is 0.397 e. The second kappa shape index (κ2) is 5.76. The highest BCUT2D eigenvalue weighted by Gasteiger charge is 2.46. The number of alkyl halides is 3. The monoisotopic (exact) mass is 314 g/mol. The van der Waals surface area contributed by atoms with Gasteiger partial charge in [0, 0.05) is 6.20 Å². The minimum absolute atomic E-state index is 0.0663. The molecule has 2 N–H and O–H groups in total. The van der Waals surface area contributed by atoms with E-state index in [4.69, 9.17) is 16.7 Å². The lowest BCUT2D eigenvalue weighted by atomic mass is 9.92. The van der Waals surface area contributed by atoms with Gasteiger partial charge in [0.25, 0.3) is 0 Å². The number of halogens is 4. The van der Waals surface area contributed by atoms with E-state index in [0.29, 0.717) is 0 Å². The molecule has 0 spiro atoms. The number of pyridine rings is 1. The second-order valence-electron chi connectivity index (χ2n) is 4.73. The normalized spacial score (nSPS) is 16.2. The van der Waals surface area contributed by atoms with Crippen molar-refractivity contribution in [1.82, 2.24) is 4.98 Å². The molecule has 0 saturated heterocycles. The highest BCUT2D eigenvalue weighted by Crippen LogP contribution is 2.42. The van der Waals surface area contributed by atoms with Crippen LogP contribution < -0.4 is 5.14 Å². The molecule has 0 aliphatic heterocycles. The van der Waals surface area contributed by atoms with Gasteiger partial charge in [0.1, 0.15) is 0 Å². The zero-order chi connectivity index (χ0) is 14.8. The van der Waals surface area contributed by atoms with Gasteiger partial charge in [0.15, 0.2) is 0 Å². The molecule has 8 heteroatoms. The lowest BCUT2D eigenvalue weighted by molar-refractivity contribution is -0.153. The Morgan fingerprint density at radius 2 is 2.05 bits per heavy atom. The van der Waals surface area contributed by atoms with Crippen LogP contribution in [0.3, 0.4) is 0 Å². The first-order valence-corrected chi connectivity index (χ1v) is 6.98. The Bertz CT molecular complexity index is 479. The number of hydrogen-bond donors (Lipinski definition) is 1. The van der Waals surface area contributed by atoms with Gasteiger partial charge in [-0.25, -0.2) is 4.21 Å². The van der Waals surface area contributed by atoms with E-state index in [0.717, 1.165) is 0 Å². The van der Waals surface area contributed by atoms with Crippen molar-refractivity contribution in [2.75, 3.05) is 0 Å². The zero-order valence-corrected chi connectivity index (χ0v) is 11.9. The number of rotatable bonds is 4. The number of aromatic nitrogens is 1. The van der Waals surface area contributed by atoms with Crippen LogP contribution in [0, 0.1) is 0 Å². The summed E-state index contributed by atoms with van der Waals surface area (Å²) in [5.41, 5.74) is -0.268. The SMILES string of the molecule is CC(C)(C[C@H](c1ncccc1Cl)C(F)(F)F)S(N)=O. The number of nitrogens with two attached hydrogens (primary N) is 1. The first-order chi connectivity index (χ1) is 8.55. The predicted octanol–water partition coefficient (Wildman–Crippen LogP) is 3.17. The molecule has 19 heavy (non-hydrogen) atoms. The molecule has 1 aromatic rings. The lowest BCUT2D eigenvalue weighted by Gasteiger charge is -2.28.